The van der Waals surface area contributed by atoms with E-state index < -0.39 is 17.8 Å². The van der Waals surface area contributed by atoms with Crippen molar-refractivity contribution in [3.63, 3.8) is 0 Å². The number of hydrogen-bond acceptors (Lipinski definition) is 4. The molecule has 4 atom stereocenters. The number of fused-ring (bicyclic) bond motifs is 1. The highest BCUT2D eigenvalue weighted by Gasteiger charge is 2.38. The SMILES string of the molecule is COc1cc(C(F)(F)F)ccc1-c1oc(C(O)C2CCC3CCNC3C2)cc1C. The van der Waals surface area contributed by atoms with Gasteiger partial charge in [-0.05, 0) is 80.8 Å². The number of benzene rings is 1. The average molecular weight is 409 g/mol. The number of aliphatic hydroxyl groups excluding tert-OH is 1. The maximum atomic E-state index is 13.0. The van der Waals surface area contributed by atoms with E-state index in [9.17, 15) is 18.3 Å². The van der Waals surface area contributed by atoms with Gasteiger partial charge in [0.15, 0.2) is 0 Å². The smallest absolute Gasteiger partial charge is 0.416 e. The zero-order valence-electron chi connectivity index (χ0n) is 16.6. The van der Waals surface area contributed by atoms with Gasteiger partial charge in [0.25, 0.3) is 0 Å². The van der Waals surface area contributed by atoms with Crippen LogP contribution < -0.4 is 10.1 Å². The van der Waals surface area contributed by atoms with E-state index >= 15 is 0 Å². The largest absolute Gasteiger partial charge is 0.496 e. The molecule has 158 valence electrons. The van der Waals surface area contributed by atoms with Crippen LogP contribution in [0.2, 0.25) is 0 Å². The number of aryl methyl sites for hydroxylation is 1. The molecule has 2 fully saturated rings. The van der Waals surface area contributed by atoms with E-state index in [0.29, 0.717) is 29.0 Å². The molecule has 2 N–H and O–H groups in total. The average Bonchev–Trinajstić information content (AvgIpc) is 3.31. The first-order valence-electron chi connectivity index (χ1n) is 10.0. The summed E-state index contributed by atoms with van der Waals surface area (Å²) >= 11 is 0. The number of rotatable bonds is 4. The molecule has 1 saturated heterocycles. The van der Waals surface area contributed by atoms with Crippen LogP contribution in [-0.2, 0) is 6.18 Å². The first kappa shape index (κ1) is 20.3. The Bertz CT molecular complexity index is 877. The number of ether oxygens (including phenoxy) is 1. The van der Waals surface area contributed by atoms with Gasteiger partial charge in [0.2, 0.25) is 0 Å². The van der Waals surface area contributed by atoms with Crippen LogP contribution in [0.3, 0.4) is 0 Å². The summed E-state index contributed by atoms with van der Waals surface area (Å²) in [5.41, 5.74) is 0.422. The lowest BCUT2D eigenvalue weighted by Crippen LogP contribution is -2.35. The maximum absolute atomic E-state index is 13.0. The third-order valence-electron chi connectivity index (χ3n) is 6.40. The molecule has 1 aromatic heterocycles. The summed E-state index contributed by atoms with van der Waals surface area (Å²) in [7, 11) is 1.33. The lowest BCUT2D eigenvalue weighted by Gasteiger charge is -2.33. The number of furan rings is 1. The first-order chi connectivity index (χ1) is 13.8. The summed E-state index contributed by atoms with van der Waals surface area (Å²) < 4.78 is 50.2. The monoisotopic (exact) mass is 409 g/mol. The molecule has 4 unspecified atom stereocenters. The van der Waals surface area contributed by atoms with Gasteiger partial charge in [-0.1, -0.05) is 0 Å². The van der Waals surface area contributed by atoms with Crippen LogP contribution >= 0.6 is 0 Å². The number of hydrogen-bond donors (Lipinski definition) is 2. The van der Waals surface area contributed by atoms with E-state index in [0.717, 1.165) is 43.5 Å². The molecule has 4 rings (SSSR count). The quantitative estimate of drug-likeness (QED) is 0.738. The van der Waals surface area contributed by atoms with Crippen LogP contribution in [-0.4, -0.2) is 24.8 Å². The molecular weight excluding hydrogens is 383 g/mol. The Kier molecular flexibility index (Phi) is 5.38. The summed E-state index contributed by atoms with van der Waals surface area (Å²) in [5.74, 6) is 1.78. The number of nitrogens with one attached hydrogen (secondary N) is 1. The maximum Gasteiger partial charge on any atom is 0.416 e. The molecule has 29 heavy (non-hydrogen) atoms. The fraction of sp³-hybridized carbons (Fsp3) is 0.545. The minimum Gasteiger partial charge on any atom is -0.496 e. The second-order valence-corrected chi connectivity index (χ2v) is 8.20. The molecule has 0 amide bonds. The topological polar surface area (TPSA) is 54.6 Å². The fourth-order valence-corrected chi connectivity index (χ4v) is 4.81. The van der Waals surface area contributed by atoms with Gasteiger partial charge in [0.1, 0.15) is 23.4 Å². The molecule has 1 aromatic carbocycles. The normalized spacial score (nSPS) is 25.7. The third-order valence-corrected chi connectivity index (χ3v) is 6.40. The molecule has 2 aliphatic rings. The van der Waals surface area contributed by atoms with E-state index in [1.807, 2.05) is 6.92 Å². The molecule has 2 heterocycles. The van der Waals surface area contributed by atoms with Crippen LogP contribution in [0.1, 0.15) is 48.7 Å². The predicted molar refractivity (Wildman–Crippen MR) is 103 cm³/mol. The molecule has 0 spiro atoms. The molecule has 4 nitrogen and oxygen atoms in total. The molecule has 0 radical (unpaired) electrons. The molecule has 2 aromatic rings. The standard InChI is InChI=1S/C22H26F3NO3/c1-12-9-19(20(27)14-4-3-13-7-8-26-17(13)10-14)29-21(12)16-6-5-15(22(23,24)25)11-18(16)28-2/h5-6,9,11,13-14,17,20,26-27H,3-4,7-8,10H2,1-2H3. The summed E-state index contributed by atoms with van der Waals surface area (Å²) in [4.78, 5) is 0. The molecule has 1 aliphatic carbocycles. The lowest BCUT2D eigenvalue weighted by atomic mass is 9.76. The van der Waals surface area contributed by atoms with Crippen LogP contribution in [0.25, 0.3) is 11.3 Å². The van der Waals surface area contributed by atoms with Gasteiger partial charge in [0.05, 0.1) is 18.2 Å². The summed E-state index contributed by atoms with van der Waals surface area (Å²) in [6, 6.07) is 5.58. The molecule has 0 bridgehead atoms. The van der Waals surface area contributed by atoms with Crippen LogP contribution in [0, 0.1) is 18.8 Å². The minimum absolute atomic E-state index is 0.0916. The Morgan fingerprint density at radius 3 is 2.72 bits per heavy atom. The predicted octanol–water partition coefficient (Wildman–Crippen LogP) is 5.09. The van der Waals surface area contributed by atoms with Crippen molar-refractivity contribution in [2.24, 2.45) is 11.8 Å². The van der Waals surface area contributed by atoms with E-state index in [-0.39, 0.29) is 11.7 Å². The van der Waals surface area contributed by atoms with E-state index in [2.05, 4.69) is 5.32 Å². The number of halogens is 3. The van der Waals surface area contributed by atoms with Gasteiger partial charge >= 0.3 is 6.18 Å². The molecule has 1 saturated carbocycles. The van der Waals surface area contributed by atoms with E-state index in [4.69, 9.17) is 9.15 Å². The van der Waals surface area contributed by atoms with Crippen LogP contribution in [0.4, 0.5) is 13.2 Å². The Balaban J connectivity index is 1.59. The van der Waals surface area contributed by atoms with Gasteiger partial charge in [-0.25, -0.2) is 0 Å². The van der Waals surface area contributed by atoms with Crippen molar-refractivity contribution in [3.8, 4) is 17.1 Å². The van der Waals surface area contributed by atoms with Gasteiger partial charge in [-0.3, -0.25) is 0 Å². The van der Waals surface area contributed by atoms with Crippen molar-refractivity contribution in [1.82, 2.24) is 5.32 Å². The van der Waals surface area contributed by atoms with Crippen molar-refractivity contribution in [2.75, 3.05) is 13.7 Å². The highest BCUT2D eigenvalue weighted by atomic mass is 19.4. The minimum atomic E-state index is -4.45. The van der Waals surface area contributed by atoms with E-state index in [1.165, 1.54) is 19.6 Å². The van der Waals surface area contributed by atoms with Crippen molar-refractivity contribution in [2.45, 2.75) is 50.9 Å². The van der Waals surface area contributed by atoms with Crippen molar-refractivity contribution in [3.05, 3.63) is 41.2 Å². The van der Waals surface area contributed by atoms with Crippen molar-refractivity contribution < 1.29 is 27.4 Å². The van der Waals surface area contributed by atoms with E-state index in [1.54, 1.807) is 6.07 Å². The van der Waals surface area contributed by atoms with Crippen LogP contribution in [0.5, 0.6) is 5.75 Å². The summed E-state index contributed by atoms with van der Waals surface area (Å²) in [6.45, 7) is 2.86. The van der Waals surface area contributed by atoms with Crippen molar-refractivity contribution >= 4 is 0 Å². The number of aliphatic hydroxyl groups is 1. The van der Waals surface area contributed by atoms with Crippen LogP contribution in [0.15, 0.2) is 28.7 Å². The van der Waals surface area contributed by atoms with Gasteiger partial charge in [-0.2, -0.15) is 13.2 Å². The second kappa shape index (κ2) is 7.69. The first-order valence-corrected chi connectivity index (χ1v) is 10.0. The third kappa shape index (κ3) is 3.90. The molecule has 1 aliphatic heterocycles. The highest BCUT2D eigenvalue weighted by Crippen LogP contribution is 2.43. The number of methoxy groups -OCH3 is 1. The Morgan fingerprint density at radius 1 is 1.21 bits per heavy atom. The molecular formula is C22H26F3NO3. The fourth-order valence-electron chi connectivity index (χ4n) is 4.81. The summed E-state index contributed by atoms with van der Waals surface area (Å²) in [5, 5.41) is 14.4. The van der Waals surface area contributed by atoms with Gasteiger partial charge in [-0.15, -0.1) is 0 Å². The second-order valence-electron chi connectivity index (χ2n) is 8.20. The Hall–Kier alpha value is -1.99. The van der Waals surface area contributed by atoms with Gasteiger partial charge in [0, 0.05) is 6.04 Å². The molecule has 7 heteroatoms. The Labute approximate surface area is 168 Å². The zero-order valence-corrected chi connectivity index (χ0v) is 16.6. The van der Waals surface area contributed by atoms with Crippen molar-refractivity contribution in [1.29, 1.82) is 0 Å². The van der Waals surface area contributed by atoms with Gasteiger partial charge < -0.3 is 19.6 Å². The lowest BCUT2D eigenvalue weighted by molar-refractivity contribution is -0.137. The Morgan fingerprint density at radius 2 is 2.00 bits per heavy atom. The zero-order chi connectivity index (χ0) is 20.8. The number of alkyl halides is 3. The highest BCUT2D eigenvalue weighted by molar-refractivity contribution is 5.69. The summed E-state index contributed by atoms with van der Waals surface area (Å²) in [6.07, 6.45) is -1.03.